The second kappa shape index (κ2) is 26.3. The lowest BCUT2D eigenvalue weighted by molar-refractivity contribution is 0.0967. The van der Waals surface area contributed by atoms with Crippen molar-refractivity contribution >= 4 is 90.5 Å². The fourth-order valence-electron chi connectivity index (χ4n) is 11.8. The molecule has 428 valence electrons. The largest absolute Gasteiger partial charge is 0.513 e. The lowest BCUT2D eigenvalue weighted by Gasteiger charge is -2.12. The molecule has 0 saturated heterocycles. The zero-order valence-corrected chi connectivity index (χ0v) is 46.9. The van der Waals surface area contributed by atoms with Crippen LogP contribution in [-0.2, 0) is 22.6 Å². The molecule has 2 fully saturated rings. The van der Waals surface area contributed by atoms with Crippen molar-refractivity contribution in [1.82, 2.24) is 9.13 Å². The van der Waals surface area contributed by atoms with Crippen molar-refractivity contribution in [1.29, 1.82) is 0 Å². The first-order valence-electron chi connectivity index (χ1n) is 29.1. The van der Waals surface area contributed by atoms with Gasteiger partial charge < -0.3 is 38.5 Å². The number of fused-ring (bicyclic) bond motifs is 6. The number of hydrogen-bond donors (Lipinski definition) is 2. The molecule has 0 aliphatic heterocycles. The van der Waals surface area contributed by atoms with Crippen LogP contribution in [0.25, 0.3) is 43.6 Å². The Hall–Kier alpha value is -8.92. The van der Waals surface area contributed by atoms with E-state index in [0.29, 0.717) is 78.6 Å². The summed E-state index contributed by atoms with van der Waals surface area (Å²) < 4.78 is 25.2. The Kier molecular flexibility index (Phi) is 18.2. The van der Waals surface area contributed by atoms with Gasteiger partial charge >= 0.3 is 12.3 Å². The molecular formula is C67H68N4O12. The molecule has 10 rings (SSSR count). The number of Topliss-reactive ketones (excluding diaryl/α,β-unsaturated/α-hetero) is 2. The molecule has 16 nitrogen and oxygen atoms in total. The minimum absolute atomic E-state index is 0.116. The topological polar surface area (TPSA) is 214 Å². The van der Waals surface area contributed by atoms with Crippen LogP contribution in [0.2, 0.25) is 0 Å². The molecule has 2 heterocycles. The van der Waals surface area contributed by atoms with Crippen LogP contribution in [0.3, 0.4) is 0 Å². The van der Waals surface area contributed by atoms with Gasteiger partial charge in [-0.1, -0.05) is 88.4 Å². The van der Waals surface area contributed by atoms with Gasteiger partial charge in [-0.25, -0.2) is 9.59 Å². The fraction of sp³-hybridized carbons (Fsp3) is 0.343. The lowest BCUT2D eigenvalue weighted by atomic mass is 9.95. The summed E-state index contributed by atoms with van der Waals surface area (Å²) in [4.78, 5) is 81.0. The van der Waals surface area contributed by atoms with E-state index in [0.717, 1.165) is 108 Å². The van der Waals surface area contributed by atoms with Crippen molar-refractivity contribution in [2.45, 2.75) is 123 Å². The van der Waals surface area contributed by atoms with Gasteiger partial charge in [-0.2, -0.15) is 0 Å². The molecular weight excluding hydrogens is 1050 g/mol. The number of aromatic nitrogens is 2. The highest BCUT2D eigenvalue weighted by Crippen LogP contribution is 2.36. The summed E-state index contributed by atoms with van der Waals surface area (Å²) in [6.07, 6.45) is 11.1. The molecule has 0 atom stereocenters. The summed E-state index contributed by atoms with van der Waals surface area (Å²) >= 11 is 0. The van der Waals surface area contributed by atoms with Crippen molar-refractivity contribution in [2.75, 3.05) is 13.2 Å². The second-order valence-corrected chi connectivity index (χ2v) is 21.9. The Morgan fingerprint density at radius 3 is 1.11 bits per heavy atom. The Morgan fingerprint density at radius 2 is 0.771 bits per heavy atom. The third-order valence-corrected chi connectivity index (χ3v) is 16.3. The van der Waals surface area contributed by atoms with Gasteiger partial charge in [-0.05, 0) is 165 Å². The monoisotopic (exact) mass is 1120 g/mol. The van der Waals surface area contributed by atoms with E-state index < -0.39 is 12.3 Å². The molecule has 2 N–H and O–H groups in total. The van der Waals surface area contributed by atoms with E-state index in [1.54, 1.807) is 72.8 Å². The summed E-state index contributed by atoms with van der Waals surface area (Å²) in [6, 6.07) is 34.5. The van der Waals surface area contributed by atoms with E-state index in [-0.39, 0.29) is 71.1 Å². The first-order chi connectivity index (χ1) is 40.4. The molecule has 0 bridgehead atoms. The van der Waals surface area contributed by atoms with Crippen molar-refractivity contribution < 1.29 is 58.1 Å². The Labute approximate surface area is 480 Å². The minimum atomic E-state index is -0.817. The molecule has 2 saturated carbocycles. The van der Waals surface area contributed by atoms with Gasteiger partial charge in [0.2, 0.25) is 11.6 Å². The van der Waals surface area contributed by atoms with E-state index >= 15 is 0 Å². The molecule has 8 aromatic rings. The van der Waals surface area contributed by atoms with E-state index in [1.807, 2.05) is 62.4 Å². The molecule has 2 aliphatic carbocycles. The highest BCUT2D eigenvalue weighted by molar-refractivity contribution is 6.47. The number of carbonyl (C=O) groups is 6. The third-order valence-electron chi connectivity index (χ3n) is 16.3. The zero-order valence-electron chi connectivity index (χ0n) is 46.9. The number of unbranched alkanes of at least 4 members (excludes halogenated alkanes) is 2. The van der Waals surface area contributed by atoms with Crippen LogP contribution in [0.4, 0.5) is 9.59 Å². The fourth-order valence-corrected chi connectivity index (χ4v) is 11.8. The van der Waals surface area contributed by atoms with Crippen LogP contribution in [0.5, 0.6) is 11.5 Å². The van der Waals surface area contributed by atoms with Gasteiger partial charge in [0.1, 0.15) is 22.9 Å². The van der Waals surface area contributed by atoms with Crippen LogP contribution in [-0.4, -0.2) is 79.6 Å². The number of benzene rings is 6. The summed E-state index contributed by atoms with van der Waals surface area (Å²) in [7, 11) is 0. The maximum absolute atomic E-state index is 14.2. The lowest BCUT2D eigenvalue weighted by Crippen LogP contribution is -2.17. The van der Waals surface area contributed by atoms with Gasteiger partial charge in [-0.3, -0.25) is 19.2 Å². The number of nitrogens with zero attached hydrogens (tertiary/aromatic N) is 4. The number of rotatable bonds is 24. The maximum atomic E-state index is 14.2. The van der Waals surface area contributed by atoms with Crippen molar-refractivity contribution in [2.24, 2.45) is 22.1 Å². The first-order valence-corrected chi connectivity index (χ1v) is 29.1. The highest BCUT2D eigenvalue weighted by Gasteiger charge is 2.27. The maximum Gasteiger partial charge on any atom is 0.513 e. The Balaban J connectivity index is 0.973. The SMILES string of the molecule is CCCCOC(=O)Oc1ccc(C(=O)c2ccc3c(c2)c2cc(C(=O)/C(CC4CCCC4)=N/O)ccc2n3CCCn2c3ccc(C(=O)/C(CC4CCCC4)=N/O)cc3c3cc(C(=O)c4ccc(OC(=O)OCCCC)cc4)ccc32)cc1. The third kappa shape index (κ3) is 12.9. The standard InChI is InChI=1S/C67H68N4O12/c1-3-5-34-80-66(76)82-50-24-16-44(17-25-50)62(72)46-20-28-58-52(38-46)54-40-48(64(74)56(68-78)36-42-12-7-8-13-42)22-30-60(54)70(58)32-11-33-71-59-29-21-47(63(73)45-18-26-51(27-19-45)83-67(77)81-35-6-4-2)39-53(59)55-41-49(23-31-61(55)71)65(75)57(69-79)37-43-14-9-10-15-43/h16-31,38-43,78-79H,3-15,32-37H2,1-2H3/b68-56+,69-57+. The molecule has 83 heavy (non-hydrogen) atoms. The van der Waals surface area contributed by atoms with Crippen molar-refractivity contribution in [3.05, 3.63) is 155 Å². The van der Waals surface area contributed by atoms with Crippen LogP contribution >= 0.6 is 0 Å². The van der Waals surface area contributed by atoms with E-state index in [1.165, 1.54) is 0 Å². The van der Waals surface area contributed by atoms with E-state index in [9.17, 15) is 39.2 Å². The van der Waals surface area contributed by atoms with Gasteiger partial charge in [0.05, 0.1) is 13.2 Å². The van der Waals surface area contributed by atoms with Crippen molar-refractivity contribution in [3.63, 3.8) is 0 Å². The van der Waals surface area contributed by atoms with Crippen LogP contribution < -0.4 is 9.47 Å². The summed E-state index contributed by atoms with van der Waals surface area (Å²) in [6.45, 7) is 5.47. The molecule has 0 radical (unpaired) electrons. The van der Waals surface area contributed by atoms with Gasteiger partial charge in [0, 0.05) is 90.1 Å². The summed E-state index contributed by atoms with van der Waals surface area (Å²) in [5.41, 5.74) is 5.82. The number of carbonyl (C=O) groups excluding carboxylic acids is 6. The van der Waals surface area contributed by atoms with E-state index in [4.69, 9.17) is 18.9 Å². The minimum Gasteiger partial charge on any atom is -0.434 e. The predicted molar refractivity (Wildman–Crippen MR) is 317 cm³/mol. The molecule has 0 spiro atoms. The Bertz CT molecular complexity index is 3550. The summed E-state index contributed by atoms with van der Waals surface area (Å²) in [5.74, 6) is -0.216. The van der Waals surface area contributed by atoms with Crippen LogP contribution in [0, 0.1) is 11.8 Å². The molecule has 6 aromatic carbocycles. The number of oxime groups is 2. The van der Waals surface area contributed by atoms with Gasteiger partial charge in [0.25, 0.3) is 0 Å². The number of ketones is 4. The van der Waals surface area contributed by atoms with Crippen LogP contribution in [0.15, 0.2) is 132 Å². The molecule has 0 amide bonds. The average Bonchev–Trinajstić information content (AvgIpc) is 4.53. The molecule has 16 heteroatoms. The van der Waals surface area contributed by atoms with Crippen LogP contribution in [0.1, 0.15) is 163 Å². The highest BCUT2D eigenvalue weighted by atomic mass is 16.7. The number of aryl methyl sites for hydroxylation is 2. The average molecular weight is 1120 g/mol. The predicted octanol–water partition coefficient (Wildman–Crippen LogP) is 15.3. The van der Waals surface area contributed by atoms with Crippen molar-refractivity contribution in [3.8, 4) is 11.5 Å². The quantitative estimate of drug-likeness (QED) is 0.0110. The van der Waals surface area contributed by atoms with Gasteiger partial charge in [0.15, 0.2) is 11.6 Å². The van der Waals surface area contributed by atoms with E-state index in [2.05, 4.69) is 19.4 Å². The molecule has 2 aromatic heterocycles. The first kappa shape index (κ1) is 57.3. The number of hydrogen-bond acceptors (Lipinski definition) is 14. The van der Waals surface area contributed by atoms with Gasteiger partial charge in [-0.15, -0.1) is 0 Å². The second-order valence-electron chi connectivity index (χ2n) is 21.9. The molecule has 2 aliphatic rings. The summed E-state index contributed by atoms with van der Waals surface area (Å²) in [5, 5.41) is 30.2. The smallest absolute Gasteiger partial charge is 0.434 e. The zero-order chi connectivity index (χ0) is 58.0. The number of ether oxygens (including phenoxy) is 4. The normalized spacial score (nSPS) is 14.2. The Morgan fingerprint density at radius 1 is 0.446 bits per heavy atom. The molecule has 0 unspecified atom stereocenters.